The summed E-state index contributed by atoms with van der Waals surface area (Å²) in [6.07, 6.45) is 97.6. The van der Waals surface area contributed by atoms with E-state index < -0.39 is 91.5 Å². The first-order valence-corrected chi connectivity index (χ1v) is 44.1. The van der Waals surface area contributed by atoms with Crippen LogP contribution in [0.25, 0.3) is 0 Å². The first kappa shape index (κ1) is 100. The van der Waals surface area contributed by atoms with Crippen LogP contribution < -0.4 is 0 Å². The molecule has 0 aliphatic carbocycles. The second-order valence-corrected chi connectivity index (χ2v) is 30.1. The van der Waals surface area contributed by atoms with Crippen LogP contribution >= 0.6 is 15.6 Å². The molecule has 0 aliphatic heterocycles. The number of hydrogen-bond acceptors (Lipinski definition) is 14. The lowest BCUT2D eigenvalue weighted by Crippen LogP contribution is -2.30. The van der Waals surface area contributed by atoms with Crippen molar-refractivity contribution in [2.75, 3.05) is 39.6 Å². The Hall–Kier alpha value is -4.57. The summed E-state index contributed by atoms with van der Waals surface area (Å²) in [6.45, 7) is 2.45. The Morgan fingerprint density at radius 2 is 0.505 bits per heavy atom. The molecule has 0 aromatic rings. The van der Waals surface area contributed by atoms with E-state index in [1.165, 1.54) is 103 Å². The van der Waals surface area contributed by atoms with E-state index in [0.717, 1.165) is 167 Å². The average molecular weight is 1510 g/mol. The number of phosphoric ester groups is 2. The number of hydrogen-bond donors (Lipinski definition) is 4. The summed E-state index contributed by atoms with van der Waals surface area (Å²) >= 11 is 0. The molecule has 5 atom stereocenters. The van der Waals surface area contributed by atoms with Gasteiger partial charge in [-0.05, 0) is 122 Å². The Morgan fingerprint density at radius 1 is 0.276 bits per heavy atom. The summed E-state index contributed by atoms with van der Waals surface area (Å²) in [5.41, 5.74) is 0. The maximum Gasteiger partial charge on any atom is 0.472 e. The molecule has 16 nitrogen and oxygen atoms in total. The monoisotopic (exact) mass is 1510 g/mol. The van der Waals surface area contributed by atoms with Crippen molar-refractivity contribution in [1.29, 1.82) is 0 Å². The van der Waals surface area contributed by atoms with E-state index in [4.69, 9.17) is 32.3 Å². The summed E-state index contributed by atoms with van der Waals surface area (Å²) in [5, 5.41) is 20.6. The van der Waals surface area contributed by atoms with Crippen LogP contribution in [0.15, 0.2) is 146 Å². The van der Waals surface area contributed by atoms with E-state index in [1.54, 1.807) is 0 Å². The van der Waals surface area contributed by atoms with Crippen molar-refractivity contribution < 1.29 is 75.8 Å². The summed E-state index contributed by atoms with van der Waals surface area (Å²) in [7, 11) is -9.79. The molecule has 0 aromatic heterocycles. The highest BCUT2D eigenvalue weighted by Crippen LogP contribution is 2.45. The number of carbonyl (C=O) groups excluding carboxylic acids is 3. The molecule has 0 saturated heterocycles. The van der Waals surface area contributed by atoms with Gasteiger partial charge in [-0.25, -0.2) is 9.13 Å². The molecule has 0 saturated carbocycles. The summed E-state index contributed by atoms with van der Waals surface area (Å²) in [4.78, 5) is 58.6. The minimum atomic E-state index is -4.93. The van der Waals surface area contributed by atoms with Crippen molar-refractivity contribution in [3.05, 3.63) is 146 Å². The Balaban J connectivity index is 4.45. The van der Waals surface area contributed by atoms with Crippen molar-refractivity contribution >= 4 is 33.6 Å². The van der Waals surface area contributed by atoms with Crippen LogP contribution in [0.4, 0.5) is 0 Å². The van der Waals surface area contributed by atoms with Crippen LogP contribution in [0.3, 0.4) is 0 Å². The molecule has 0 rings (SSSR count). The molecule has 0 radical (unpaired) electrons. The Labute approximate surface area is 638 Å². The maximum absolute atomic E-state index is 12.9. The largest absolute Gasteiger partial charge is 0.472 e. The molecule has 4 N–H and O–H groups in total. The second-order valence-electron chi connectivity index (χ2n) is 27.2. The van der Waals surface area contributed by atoms with Gasteiger partial charge in [0.2, 0.25) is 0 Å². The van der Waals surface area contributed by atoms with Gasteiger partial charge in [-0.3, -0.25) is 32.5 Å². The number of allylic oxidation sites excluding steroid dienone is 24. The number of unbranched alkanes of at least 4 members (excludes halogenated alkanes) is 30. The van der Waals surface area contributed by atoms with Gasteiger partial charge < -0.3 is 34.2 Å². The van der Waals surface area contributed by atoms with Gasteiger partial charge in [0.1, 0.15) is 25.4 Å². The van der Waals surface area contributed by atoms with Crippen molar-refractivity contribution in [3.8, 4) is 0 Å². The molecule has 0 amide bonds. The summed E-state index contributed by atoms with van der Waals surface area (Å²) in [5.74, 6) is -1.58. The van der Waals surface area contributed by atoms with Crippen molar-refractivity contribution in [2.45, 2.75) is 347 Å². The van der Waals surface area contributed by atoms with Gasteiger partial charge in [-0.2, -0.15) is 0 Å². The fourth-order valence-electron chi connectivity index (χ4n) is 10.9. The molecular formula is C87H148O16P2. The van der Waals surface area contributed by atoms with E-state index in [1.807, 2.05) is 0 Å². The Bertz CT molecular complexity index is 2490. The number of rotatable bonds is 77. The summed E-state index contributed by atoms with van der Waals surface area (Å²) in [6, 6.07) is 0. The lowest BCUT2D eigenvalue weighted by Gasteiger charge is -2.21. The van der Waals surface area contributed by atoms with Crippen LogP contribution in [0.5, 0.6) is 0 Å². The Kier molecular flexibility index (Phi) is 75.6. The number of carbonyl (C=O) groups is 3. The standard InChI is InChI=1S/C87H148O16P2/c1-4-7-10-13-16-19-22-24-26-28-30-32-34-36-38-40-42-44-46-48-50-52-54-56-59-61-64-67-70-73-85(90)97-76-82(88)77-99-104(93,94)100-78-83(89)79-101-105(95,96)102-81-84(103-87(92)75-72-69-66-63-58-21-18-15-12-9-6-3)80-98-86(91)74-71-68-65-62-60-57-55-53-51-49-47-45-43-41-39-37-35-33-31-29-27-25-23-20-17-14-11-8-5-2/h7-8,10-11,16-17,19-20,24-27,30-33,36-39,42-45,82-84,88-89H,4-6,9,12-15,18,21-23,28-29,34-35,40-41,46-81H2,1-3H3,(H,93,94)(H,95,96)/b10-7-,11-8-,19-16-,20-17-,26-24-,27-25-,32-30-,33-31-,38-36-,39-37-,44-42-,45-43-. The molecule has 0 bridgehead atoms. The van der Waals surface area contributed by atoms with E-state index in [-0.39, 0.29) is 19.3 Å². The highest BCUT2D eigenvalue weighted by molar-refractivity contribution is 7.47. The van der Waals surface area contributed by atoms with E-state index in [9.17, 15) is 43.5 Å². The van der Waals surface area contributed by atoms with Gasteiger partial charge in [-0.1, -0.05) is 334 Å². The third-order valence-electron chi connectivity index (χ3n) is 17.1. The molecule has 602 valence electrons. The number of aliphatic hydroxyl groups excluding tert-OH is 2. The molecule has 0 fully saturated rings. The van der Waals surface area contributed by atoms with Crippen LogP contribution in [0.2, 0.25) is 0 Å². The average Bonchev–Trinajstić information content (AvgIpc) is 1.81. The smallest absolute Gasteiger partial charge is 0.463 e. The minimum Gasteiger partial charge on any atom is -0.463 e. The van der Waals surface area contributed by atoms with Crippen molar-refractivity contribution in [1.82, 2.24) is 0 Å². The fraction of sp³-hybridized carbons (Fsp3) is 0.690. The number of esters is 3. The maximum atomic E-state index is 12.9. The summed E-state index contributed by atoms with van der Waals surface area (Å²) < 4.78 is 61.1. The van der Waals surface area contributed by atoms with Gasteiger partial charge in [0, 0.05) is 19.3 Å². The molecule has 105 heavy (non-hydrogen) atoms. The molecule has 0 heterocycles. The molecule has 5 unspecified atom stereocenters. The fourth-order valence-corrected chi connectivity index (χ4v) is 12.5. The van der Waals surface area contributed by atoms with E-state index >= 15 is 0 Å². The molecule has 18 heteroatoms. The van der Waals surface area contributed by atoms with Crippen LogP contribution in [0, 0.1) is 0 Å². The molecule has 0 aromatic carbocycles. The van der Waals surface area contributed by atoms with Crippen LogP contribution in [-0.2, 0) is 55.8 Å². The lowest BCUT2D eigenvalue weighted by atomic mass is 10.1. The van der Waals surface area contributed by atoms with Crippen LogP contribution in [-0.4, -0.2) is 95.9 Å². The molecular weight excluding hydrogens is 1360 g/mol. The van der Waals surface area contributed by atoms with Gasteiger partial charge in [0.25, 0.3) is 0 Å². The molecule has 0 aliphatic rings. The number of ether oxygens (including phenoxy) is 3. The SMILES string of the molecule is CC/C=C\C/C=C\C/C=C\C/C=C\C/C=C\C/C=C\CCCCCCCCCCCCC(=O)OCC(O)COP(=O)(O)OCC(O)COP(=O)(O)OCC(COC(=O)CCCCCCCCCCCC/C=C\C/C=C\C/C=C\C/C=C\C/C=C\C/C=C\CC)OC(=O)CCCCCCCCCCCCC. The number of phosphoric acid groups is 2. The van der Waals surface area contributed by atoms with Gasteiger partial charge in [0.05, 0.1) is 26.4 Å². The first-order valence-electron chi connectivity index (χ1n) is 41.1. The zero-order valence-electron chi connectivity index (χ0n) is 65.9. The number of aliphatic hydroxyl groups is 2. The predicted molar refractivity (Wildman–Crippen MR) is 436 cm³/mol. The molecule has 0 spiro atoms. The van der Waals surface area contributed by atoms with Gasteiger partial charge >= 0.3 is 33.6 Å². The minimum absolute atomic E-state index is 0.104. The zero-order valence-corrected chi connectivity index (χ0v) is 67.6. The Morgan fingerprint density at radius 3 is 0.800 bits per heavy atom. The lowest BCUT2D eigenvalue weighted by molar-refractivity contribution is -0.161. The van der Waals surface area contributed by atoms with Crippen molar-refractivity contribution in [3.63, 3.8) is 0 Å². The third-order valence-corrected chi connectivity index (χ3v) is 19.0. The quantitative estimate of drug-likeness (QED) is 0.0146. The highest BCUT2D eigenvalue weighted by Gasteiger charge is 2.29. The van der Waals surface area contributed by atoms with E-state index in [0.29, 0.717) is 19.3 Å². The normalized spacial score (nSPS) is 14.7. The first-order chi connectivity index (χ1) is 51.2. The zero-order chi connectivity index (χ0) is 76.6. The van der Waals surface area contributed by atoms with E-state index in [2.05, 4.69) is 167 Å². The second kappa shape index (κ2) is 79.0. The third kappa shape index (κ3) is 80.3. The van der Waals surface area contributed by atoms with Gasteiger partial charge in [-0.15, -0.1) is 0 Å². The van der Waals surface area contributed by atoms with Gasteiger partial charge in [0.15, 0.2) is 6.10 Å². The van der Waals surface area contributed by atoms with Crippen LogP contribution in [0.1, 0.15) is 329 Å². The highest BCUT2D eigenvalue weighted by atomic mass is 31.2. The topological polar surface area (TPSA) is 231 Å². The van der Waals surface area contributed by atoms with Crippen molar-refractivity contribution in [2.24, 2.45) is 0 Å². The predicted octanol–water partition coefficient (Wildman–Crippen LogP) is 24.4.